The van der Waals surface area contributed by atoms with Crippen molar-refractivity contribution in [3.63, 3.8) is 0 Å². The lowest BCUT2D eigenvalue weighted by atomic mass is 9.86. The number of nitrogens with zero attached hydrogens (tertiary/aromatic N) is 1. The topological polar surface area (TPSA) is 12.5 Å². The first-order valence-electron chi connectivity index (χ1n) is 7.18. The van der Waals surface area contributed by atoms with Gasteiger partial charge in [0.25, 0.3) is 0 Å². The number of piperidine rings is 1. The van der Waals surface area contributed by atoms with Crippen LogP contribution in [0.25, 0.3) is 0 Å². The second-order valence-electron chi connectivity index (χ2n) is 5.86. The van der Waals surface area contributed by atoms with Crippen molar-refractivity contribution in [3.05, 3.63) is 28.7 Å². The van der Waals surface area contributed by atoms with Crippen LogP contribution >= 0.6 is 15.9 Å². The zero-order valence-corrected chi connectivity index (χ0v) is 13.7. The Balaban J connectivity index is 1.81. The molecule has 1 aromatic carbocycles. The van der Waals surface area contributed by atoms with Gasteiger partial charge in [0, 0.05) is 23.6 Å². The Labute approximate surface area is 125 Å². The number of hydrogen-bond acceptors (Lipinski definition) is 2. The molecule has 106 valence electrons. The highest BCUT2D eigenvalue weighted by atomic mass is 79.9. The third-order valence-electron chi connectivity index (χ3n) is 4.16. The standard InChI is InChI=1S/C16H24BrNO/c1-12-9-13(2)14(3)18(11-12)7-8-19-16-6-4-5-15(17)10-16/h4-6,10,12-14H,7-9,11H2,1-3H3. The van der Waals surface area contributed by atoms with Crippen molar-refractivity contribution >= 4 is 15.9 Å². The maximum Gasteiger partial charge on any atom is 0.120 e. The average Bonchev–Trinajstić information content (AvgIpc) is 2.35. The van der Waals surface area contributed by atoms with Gasteiger partial charge in [0.1, 0.15) is 12.4 Å². The van der Waals surface area contributed by atoms with Gasteiger partial charge in [0.15, 0.2) is 0 Å². The van der Waals surface area contributed by atoms with Crippen molar-refractivity contribution in [3.8, 4) is 5.75 Å². The maximum atomic E-state index is 5.84. The second kappa shape index (κ2) is 6.76. The van der Waals surface area contributed by atoms with Crippen LogP contribution in [0.1, 0.15) is 27.2 Å². The molecule has 3 heteroatoms. The molecule has 0 bridgehead atoms. The smallest absolute Gasteiger partial charge is 0.120 e. The summed E-state index contributed by atoms with van der Waals surface area (Å²) < 4.78 is 6.90. The van der Waals surface area contributed by atoms with Crippen LogP contribution < -0.4 is 4.74 Å². The van der Waals surface area contributed by atoms with Crippen LogP contribution in [0.15, 0.2) is 28.7 Å². The van der Waals surface area contributed by atoms with Crippen molar-refractivity contribution in [2.75, 3.05) is 19.7 Å². The van der Waals surface area contributed by atoms with Gasteiger partial charge in [-0.15, -0.1) is 0 Å². The number of halogens is 1. The van der Waals surface area contributed by atoms with Crippen LogP contribution in [0.5, 0.6) is 5.75 Å². The first-order valence-corrected chi connectivity index (χ1v) is 7.98. The predicted octanol–water partition coefficient (Wildman–Crippen LogP) is 4.19. The molecule has 0 aromatic heterocycles. The van der Waals surface area contributed by atoms with E-state index >= 15 is 0 Å². The van der Waals surface area contributed by atoms with Gasteiger partial charge in [0.2, 0.25) is 0 Å². The summed E-state index contributed by atoms with van der Waals surface area (Å²) in [6, 6.07) is 8.72. The molecular formula is C16H24BrNO. The molecule has 19 heavy (non-hydrogen) atoms. The zero-order chi connectivity index (χ0) is 13.8. The Morgan fingerprint density at radius 1 is 1.32 bits per heavy atom. The van der Waals surface area contributed by atoms with Crippen LogP contribution in [0.3, 0.4) is 0 Å². The van der Waals surface area contributed by atoms with E-state index in [2.05, 4.69) is 41.6 Å². The van der Waals surface area contributed by atoms with E-state index in [0.29, 0.717) is 6.04 Å². The monoisotopic (exact) mass is 325 g/mol. The van der Waals surface area contributed by atoms with E-state index in [9.17, 15) is 0 Å². The van der Waals surface area contributed by atoms with Crippen molar-refractivity contribution in [1.82, 2.24) is 4.90 Å². The summed E-state index contributed by atoms with van der Waals surface area (Å²) in [5, 5.41) is 0. The highest BCUT2D eigenvalue weighted by Gasteiger charge is 2.28. The minimum atomic E-state index is 0.669. The molecule has 3 unspecified atom stereocenters. The molecule has 0 N–H and O–H groups in total. The molecule has 1 heterocycles. The Bertz CT molecular complexity index is 409. The van der Waals surface area contributed by atoms with Crippen molar-refractivity contribution in [2.24, 2.45) is 11.8 Å². The molecule has 1 aliphatic heterocycles. The predicted molar refractivity (Wildman–Crippen MR) is 83.6 cm³/mol. The van der Waals surface area contributed by atoms with Crippen molar-refractivity contribution in [2.45, 2.75) is 33.2 Å². The molecule has 0 aliphatic carbocycles. The van der Waals surface area contributed by atoms with Gasteiger partial charge in [-0.1, -0.05) is 35.8 Å². The highest BCUT2D eigenvalue weighted by molar-refractivity contribution is 9.10. The van der Waals surface area contributed by atoms with E-state index in [4.69, 9.17) is 4.74 Å². The Morgan fingerprint density at radius 2 is 2.11 bits per heavy atom. The minimum absolute atomic E-state index is 0.669. The number of rotatable bonds is 4. The fourth-order valence-electron chi connectivity index (χ4n) is 2.97. The van der Waals surface area contributed by atoms with Crippen molar-refractivity contribution < 1.29 is 4.74 Å². The first kappa shape index (κ1) is 14.9. The lowest BCUT2D eigenvalue weighted by Crippen LogP contribution is -2.47. The Kier molecular flexibility index (Phi) is 5.28. The third kappa shape index (κ3) is 4.22. The number of ether oxygens (including phenoxy) is 1. The quantitative estimate of drug-likeness (QED) is 0.822. The van der Waals surface area contributed by atoms with Gasteiger partial charge in [-0.3, -0.25) is 4.90 Å². The summed E-state index contributed by atoms with van der Waals surface area (Å²) >= 11 is 3.47. The molecule has 1 saturated heterocycles. The average molecular weight is 326 g/mol. The molecule has 1 fully saturated rings. The molecule has 0 saturated carbocycles. The molecule has 1 aliphatic rings. The SMILES string of the molecule is CC1CC(C)C(C)N(CCOc2cccc(Br)c2)C1. The van der Waals surface area contributed by atoms with Crippen LogP contribution in [0.2, 0.25) is 0 Å². The largest absolute Gasteiger partial charge is 0.492 e. The molecule has 0 radical (unpaired) electrons. The second-order valence-corrected chi connectivity index (χ2v) is 6.78. The van der Waals surface area contributed by atoms with Gasteiger partial charge < -0.3 is 4.74 Å². The fourth-order valence-corrected chi connectivity index (χ4v) is 3.34. The summed E-state index contributed by atoms with van der Waals surface area (Å²) in [4.78, 5) is 2.57. The van der Waals surface area contributed by atoms with Crippen LogP contribution in [-0.4, -0.2) is 30.6 Å². The lowest BCUT2D eigenvalue weighted by molar-refractivity contribution is 0.0665. The van der Waals surface area contributed by atoms with E-state index in [-0.39, 0.29) is 0 Å². The molecule has 3 atom stereocenters. The zero-order valence-electron chi connectivity index (χ0n) is 12.1. The summed E-state index contributed by atoms with van der Waals surface area (Å²) in [6.45, 7) is 10.0. The molecule has 1 aromatic rings. The van der Waals surface area contributed by atoms with Gasteiger partial charge in [-0.2, -0.15) is 0 Å². The van der Waals surface area contributed by atoms with E-state index in [0.717, 1.165) is 35.2 Å². The number of likely N-dealkylation sites (tertiary alicyclic amines) is 1. The van der Waals surface area contributed by atoms with Gasteiger partial charge in [-0.25, -0.2) is 0 Å². The van der Waals surface area contributed by atoms with Crippen LogP contribution in [0.4, 0.5) is 0 Å². The summed E-state index contributed by atoms with van der Waals surface area (Å²) in [6.07, 6.45) is 1.35. The highest BCUT2D eigenvalue weighted by Crippen LogP contribution is 2.26. The van der Waals surface area contributed by atoms with Gasteiger partial charge >= 0.3 is 0 Å². The van der Waals surface area contributed by atoms with Gasteiger partial charge in [0.05, 0.1) is 0 Å². The third-order valence-corrected chi connectivity index (χ3v) is 4.66. The summed E-state index contributed by atoms with van der Waals surface area (Å²) in [5.41, 5.74) is 0. The first-order chi connectivity index (χ1) is 9.06. The van der Waals surface area contributed by atoms with Crippen LogP contribution in [0, 0.1) is 11.8 Å². The number of benzene rings is 1. The minimum Gasteiger partial charge on any atom is -0.492 e. The maximum absolute atomic E-state index is 5.84. The summed E-state index contributed by atoms with van der Waals surface area (Å²) in [7, 11) is 0. The molecule has 0 spiro atoms. The van der Waals surface area contributed by atoms with E-state index in [1.807, 2.05) is 24.3 Å². The molecule has 2 nitrogen and oxygen atoms in total. The van der Waals surface area contributed by atoms with Crippen LogP contribution in [-0.2, 0) is 0 Å². The normalized spacial score (nSPS) is 28.3. The van der Waals surface area contributed by atoms with E-state index in [1.54, 1.807) is 0 Å². The van der Waals surface area contributed by atoms with Crippen molar-refractivity contribution in [1.29, 1.82) is 0 Å². The van der Waals surface area contributed by atoms with Gasteiger partial charge in [-0.05, 0) is 43.4 Å². The molecule has 2 rings (SSSR count). The lowest BCUT2D eigenvalue weighted by Gasteiger charge is -2.41. The molecule has 0 amide bonds. The van der Waals surface area contributed by atoms with E-state index in [1.165, 1.54) is 13.0 Å². The Morgan fingerprint density at radius 3 is 2.84 bits per heavy atom. The number of hydrogen-bond donors (Lipinski definition) is 0. The van der Waals surface area contributed by atoms with E-state index < -0.39 is 0 Å². The fraction of sp³-hybridized carbons (Fsp3) is 0.625. The molecular weight excluding hydrogens is 302 g/mol. The summed E-state index contributed by atoms with van der Waals surface area (Å²) in [5.74, 6) is 2.53. The Hall–Kier alpha value is -0.540.